The Morgan fingerprint density at radius 1 is 1.00 bits per heavy atom. The summed E-state index contributed by atoms with van der Waals surface area (Å²) in [5.74, 6) is 1.04. The molecule has 0 atom stereocenters. The van der Waals surface area contributed by atoms with Gasteiger partial charge in [-0.1, -0.05) is 42.5 Å². The lowest BCUT2D eigenvalue weighted by Gasteiger charge is -2.29. The number of ether oxygens (including phenoxy) is 1. The van der Waals surface area contributed by atoms with E-state index in [9.17, 15) is 14.7 Å². The molecule has 0 aliphatic carbocycles. The first-order valence-corrected chi connectivity index (χ1v) is 13.3. The minimum atomic E-state index is -0.283. The Morgan fingerprint density at radius 2 is 1.81 bits per heavy atom. The Balaban J connectivity index is 1.48. The van der Waals surface area contributed by atoms with Gasteiger partial charge in [0.2, 0.25) is 11.8 Å². The van der Waals surface area contributed by atoms with E-state index in [1.54, 1.807) is 0 Å². The van der Waals surface area contributed by atoms with Gasteiger partial charge in [-0.25, -0.2) is 0 Å². The van der Waals surface area contributed by atoms with E-state index >= 15 is 0 Å². The van der Waals surface area contributed by atoms with Crippen molar-refractivity contribution in [1.29, 1.82) is 0 Å². The summed E-state index contributed by atoms with van der Waals surface area (Å²) in [6.45, 7) is 4.18. The molecule has 2 aromatic carbocycles. The number of hydrogen-bond acceptors (Lipinski definition) is 5. The van der Waals surface area contributed by atoms with Crippen molar-refractivity contribution >= 4 is 11.8 Å². The van der Waals surface area contributed by atoms with Gasteiger partial charge in [0.25, 0.3) is 0 Å². The Hall–Kier alpha value is -2.90. The fraction of sp³-hybridized carbons (Fsp3) is 0.517. The highest BCUT2D eigenvalue weighted by molar-refractivity contribution is 5.78. The van der Waals surface area contributed by atoms with Crippen molar-refractivity contribution in [2.75, 3.05) is 32.8 Å². The Labute approximate surface area is 214 Å². The molecule has 1 fully saturated rings. The van der Waals surface area contributed by atoms with E-state index in [4.69, 9.17) is 4.74 Å². The van der Waals surface area contributed by atoms with Crippen LogP contribution in [0.4, 0.5) is 0 Å². The molecule has 194 valence electrons. The molecule has 0 unspecified atom stereocenters. The third kappa shape index (κ3) is 8.07. The third-order valence-electron chi connectivity index (χ3n) is 6.98. The molecular formula is C29H39N3O4. The number of nitrogens with zero attached hydrogens (tertiary/aromatic N) is 2. The van der Waals surface area contributed by atoms with Crippen LogP contribution in [0, 0.1) is 0 Å². The van der Waals surface area contributed by atoms with E-state index in [2.05, 4.69) is 34.5 Å². The molecule has 2 heterocycles. The number of nitrogens with one attached hydrogen (secondary N) is 1. The predicted molar refractivity (Wildman–Crippen MR) is 139 cm³/mol. The van der Waals surface area contributed by atoms with Crippen molar-refractivity contribution in [3.8, 4) is 5.75 Å². The third-order valence-corrected chi connectivity index (χ3v) is 6.98. The summed E-state index contributed by atoms with van der Waals surface area (Å²) in [4.78, 5) is 29.4. The molecule has 2 aliphatic heterocycles. The van der Waals surface area contributed by atoms with Crippen molar-refractivity contribution in [1.82, 2.24) is 15.1 Å². The van der Waals surface area contributed by atoms with Gasteiger partial charge in [-0.15, -0.1) is 0 Å². The molecule has 0 bridgehead atoms. The van der Waals surface area contributed by atoms with Crippen molar-refractivity contribution < 1.29 is 19.4 Å². The highest BCUT2D eigenvalue weighted by atomic mass is 16.5. The first kappa shape index (κ1) is 26.2. The monoisotopic (exact) mass is 493 g/mol. The molecule has 0 spiro atoms. The number of likely N-dealkylation sites (tertiary alicyclic amines) is 1. The van der Waals surface area contributed by atoms with Gasteiger partial charge in [-0.3, -0.25) is 14.5 Å². The SMILES string of the molecule is O=C1CN(Cc2ccccc2)Cc2cc(CCC(=O)N3CCC(O)CC3)ccc2OCCCCCN1. The molecule has 2 N–H and O–H groups in total. The van der Waals surface area contributed by atoms with Gasteiger partial charge in [0, 0.05) is 44.7 Å². The van der Waals surface area contributed by atoms with Crippen LogP contribution in [0.25, 0.3) is 0 Å². The van der Waals surface area contributed by atoms with Gasteiger partial charge in [0.05, 0.1) is 19.3 Å². The molecule has 36 heavy (non-hydrogen) atoms. The van der Waals surface area contributed by atoms with Gasteiger partial charge in [0.15, 0.2) is 0 Å². The summed E-state index contributed by atoms with van der Waals surface area (Å²) < 4.78 is 6.18. The second-order valence-corrected chi connectivity index (χ2v) is 9.94. The average molecular weight is 494 g/mol. The van der Waals surface area contributed by atoms with Gasteiger partial charge >= 0.3 is 0 Å². The number of rotatable bonds is 5. The number of benzene rings is 2. The van der Waals surface area contributed by atoms with E-state index in [1.165, 1.54) is 0 Å². The topological polar surface area (TPSA) is 82.1 Å². The Kier molecular flexibility index (Phi) is 9.76. The van der Waals surface area contributed by atoms with Crippen molar-refractivity contribution in [2.24, 2.45) is 0 Å². The molecule has 2 aliphatic rings. The fourth-order valence-corrected chi connectivity index (χ4v) is 4.90. The molecule has 7 nitrogen and oxygen atoms in total. The molecule has 0 aromatic heterocycles. The molecule has 2 amide bonds. The second kappa shape index (κ2) is 13.4. The number of carbonyl (C=O) groups is 2. The van der Waals surface area contributed by atoms with Gasteiger partial charge < -0.3 is 20.1 Å². The summed E-state index contributed by atoms with van der Waals surface area (Å²) in [6, 6.07) is 16.4. The smallest absolute Gasteiger partial charge is 0.234 e. The quantitative estimate of drug-likeness (QED) is 0.668. The van der Waals surface area contributed by atoms with E-state index in [-0.39, 0.29) is 17.9 Å². The van der Waals surface area contributed by atoms with Crippen LogP contribution in [0.15, 0.2) is 48.5 Å². The molecule has 1 saturated heterocycles. The lowest BCUT2D eigenvalue weighted by Crippen LogP contribution is -2.40. The van der Waals surface area contributed by atoms with E-state index in [0.29, 0.717) is 71.6 Å². The van der Waals surface area contributed by atoms with E-state index in [0.717, 1.165) is 41.7 Å². The molecule has 0 radical (unpaired) electrons. The normalized spacial score (nSPS) is 18.7. The minimum absolute atomic E-state index is 0.0426. The number of aliphatic hydroxyl groups excluding tert-OH is 1. The minimum Gasteiger partial charge on any atom is -0.493 e. The highest BCUT2D eigenvalue weighted by Gasteiger charge is 2.21. The maximum Gasteiger partial charge on any atom is 0.234 e. The fourth-order valence-electron chi connectivity index (χ4n) is 4.90. The van der Waals surface area contributed by atoms with Gasteiger partial charge in [-0.05, 0) is 55.7 Å². The van der Waals surface area contributed by atoms with E-state index in [1.807, 2.05) is 29.2 Å². The number of aryl methyl sites for hydroxylation is 1. The summed E-state index contributed by atoms with van der Waals surface area (Å²) in [5, 5.41) is 12.8. The van der Waals surface area contributed by atoms with Crippen LogP contribution in [0.5, 0.6) is 5.75 Å². The van der Waals surface area contributed by atoms with Crippen LogP contribution in [0.2, 0.25) is 0 Å². The number of fused-ring (bicyclic) bond motifs is 1. The lowest BCUT2D eigenvalue weighted by atomic mass is 10.0. The second-order valence-electron chi connectivity index (χ2n) is 9.94. The van der Waals surface area contributed by atoms with Gasteiger partial charge in [0.1, 0.15) is 5.75 Å². The largest absolute Gasteiger partial charge is 0.493 e. The van der Waals surface area contributed by atoms with Crippen LogP contribution >= 0.6 is 0 Å². The average Bonchev–Trinajstić information content (AvgIpc) is 2.89. The number of amides is 2. The molecule has 2 aromatic rings. The van der Waals surface area contributed by atoms with Crippen LogP contribution < -0.4 is 10.1 Å². The van der Waals surface area contributed by atoms with Crippen LogP contribution in [0.3, 0.4) is 0 Å². The summed E-state index contributed by atoms with van der Waals surface area (Å²) in [6.07, 6.45) is 5.05. The summed E-state index contributed by atoms with van der Waals surface area (Å²) in [7, 11) is 0. The predicted octanol–water partition coefficient (Wildman–Crippen LogP) is 3.28. The number of piperidine rings is 1. The lowest BCUT2D eigenvalue weighted by molar-refractivity contribution is -0.133. The zero-order chi connectivity index (χ0) is 25.2. The maximum absolute atomic E-state index is 12.7. The van der Waals surface area contributed by atoms with Gasteiger partial charge in [-0.2, -0.15) is 0 Å². The van der Waals surface area contributed by atoms with Crippen LogP contribution in [-0.4, -0.2) is 65.6 Å². The number of hydrogen-bond donors (Lipinski definition) is 2. The first-order chi connectivity index (χ1) is 17.6. The van der Waals surface area contributed by atoms with Crippen LogP contribution in [-0.2, 0) is 29.1 Å². The Bertz CT molecular complexity index is 989. The first-order valence-electron chi connectivity index (χ1n) is 13.3. The van der Waals surface area contributed by atoms with Crippen molar-refractivity contribution in [3.63, 3.8) is 0 Å². The zero-order valence-electron chi connectivity index (χ0n) is 21.2. The maximum atomic E-state index is 12.7. The summed E-state index contributed by atoms with van der Waals surface area (Å²) >= 11 is 0. The van der Waals surface area contributed by atoms with E-state index < -0.39 is 0 Å². The standard InChI is InChI=1S/C29H39N3O4/c33-26-13-16-32(17-14-26)29(35)12-10-23-9-11-27-25(19-23)21-31(20-24-7-3-1-4-8-24)22-28(34)30-15-5-2-6-18-36-27/h1,3-4,7-9,11,19,26,33H,2,5-6,10,12-18,20-22H2,(H,30,34). The molecular weight excluding hydrogens is 454 g/mol. The summed E-state index contributed by atoms with van der Waals surface area (Å²) in [5.41, 5.74) is 3.30. The molecule has 4 rings (SSSR count). The highest BCUT2D eigenvalue weighted by Crippen LogP contribution is 2.25. The van der Waals surface area contributed by atoms with Crippen molar-refractivity contribution in [3.05, 3.63) is 65.2 Å². The molecule has 7 heteroatoms. The van der Waals surface area contributed by atoms with Crippen LogP contribution in [0.1, 0.15) is 55.2 Å². The number of carbonyl (C=O) groups excluding carboxylic acids is 2. The Morgan fingerprint density at radius 3 is 2.61 bits per heavy atom. The molecule has 0 saturated carbocycles. The zero-order valence-corrected chi connectivity index (χ0v) is 21.2. The number of aliphatic hydroxyl groups is 1. The van der Waals surface area contributed by atoms with Crippen molar-refractivity contribution in [2.45, 2.75) is 64.1 Å².